The van der Waals surface area contributed by atoms with E-state index in [1.807, 2.05) is 27.7 Å². The first kappa shape index (κ1) is 20.2. The Morgan fingerprint density at radius 2 is 2.07 bits per heavy atom. The number of allylic oxidation sites excluding steroid dienone is 1. The molecule has 7 heteroatoms. The molecule has 1 aliphatic rings. The number of nitrogens with two attached hydrogens (primary N) is 1. The minimum absolute atomic E-state index is 0.109. The first-order valence-corrected chi connectivity index (χ1v) is 9.30. The average Bonchev–Trinajstić information content (AvgIpc) is 2.68. The van der Waals surface area contributed by atoms with Crippen molar-refractivity contribution in [2.45, 2.75) is 39.7 Å². The van der Waals surface area contributed by atoms with Gasteiger partial charge in [-0.1, -0.05) is 6.07 Å². The van der Waals surface area contributed by atoms with Crippen LogP contribution in [0.4, 0.5) is 5.69 Å². The maximum absolute atomic E-state index is 12.5. The standard InChI is InChI=1S/C22H24N4O3/c1-11(2)29-22-19-18(15-7-6-14(9-23)8-16(15)28-5)17(21(24)27)13(4)26-20(19)12(3)10-25-22/h6-8,10-11,18,26H,1-5H3,(H2,24,27)/t18-/m1/s1. The first-order valence-electron chi connectivity index (χ1n) is 9.30. The number of primary amides is 1. The Bertz CT molecular complexity index is 1050. The number of carbonyl (C=O) groups is 1. The van der Waals surface area contributed by atoms with E-state index in [9.17, 15) is 10.1 Å². The molecule has 1 aromatic carbocycles. The van der Waals surface area contributed by atoms with Gasteiger partial charge in [0, 0.05) is 23.0 Å². The van der Waals surface area contributed by atoms with E-state index in [4.69, 9.17) is 15.2 Å². The van der Waals surface area contributed by atoms with Crippen molar-refractivity contribution in [3.8, 4) is 17.7 Å². The molecule has 150 valence electrons. The van der Waals surface area contributed by atoms with Crippen LogP contribution in [0.25, 0.3) is 0 Å². The molecule has 0 aliphatic carbocycles. The van der Waals surface area contributed by atoms with E-state index in [2.05, 4.69) is 16.4 Å². The molecule has 0 saturated carbocycles. The number of aromatic nitrogens is 1. The van der Waals surface area contributed by atoms with E-state index in [-0.39, 0.29) is 6.10 Å². The molecule has 1 amide bonds. The number of carbonyl (C=O) groups excluding carboxylic acids is 1. The van der Waals surface area contributed by atoms with Crippen molar-refractivity contribution in [1.29, 1.82) is 5.26 Å². The van der Waals surface area contributed by atoms with Crippen LogP contribution in [0, 0.1) is 18.3 Å². The summed E-state index contributed by atoms with van der Waals surface area (Å²) < 4.78 is 11.5. The summed E-state index contributed by atoms with van der Waals surface area (Å²) in [6, 6.07) is 7.24. The number of hydrogen-bond donors (Lipinski definition) is 2. The largest absolute Gasteiger partial charge is 0.496 e. The highest BCUT2D eigenvalue weighted by atomic mass is 16.5. The van der Waals surface area contributed by atoms with E-state index < -0.39 is 11.8 Å². The molecule has 0 bridgehead atoms. The van der Waals surface area contributed by atoms with Crippen LogP contribution >= 0.6 is 0 Å². The minimum Gasteiger partial charge on any atom is -0.496 e. The Labute approximate surface area is 170 Å². The number of pyridine rings is 1. The van der Waals surface area contributed by atoms with Gasteiger partial charge in [-0.15, -0.1) is 0 Å². The van der Waals surface area contributed by atoms with Crippen LogP contribution in [0.1, 0.15) is 48.9 Å². The van der Waals surface area contributed by atoms with Crippen LogP contribution in [0.2, 0.25) is 0 Å². The highest BCUT2D eigenvalue weighted by molar-refractivity contribution is 5.98. The summed E-state index contributed by atoms with van der Waals surface area (Å²) in [4.78, 5) is 17.0. The molecule has 2 aromatic rings. The second-order valence-electron chi connectivity index (χ2n) is 7.23. The molecular formula is C22H24N4O3. The van der Waals surface area contributed by atoms with Crippen LogP contribution in [0.5, 0.6) is 11.6 Å². The predicted octanol–water partition coefficient (Wildman–Crippen LogP) is 3.37. The third-order valence-electron chi connectivity index (χ3n) is 4.85. The molecule has 29 heavy (non-hydrogen) atoms. The zero-order valence-electron chi connectivity index (χ0n) is 17.2. The molecular weight excluding hydrogens is 368 g/mol. The number of methoxy groups -OCH3 is 1. The number of fused-ring (bicyclic) bond motifs is 1. The Kier molecular flexibility index (Phi) is 5.46. The summed E-state index contributed by atoms with van der Waals surface area (Å²) in [5.41, 5.74) is 10.5. The minimum atomic E-state index is -0.549. The van der Waals surface area contributed by atoms with Crippen LogP contribution in [0.15, 0.2) is 35.7 Å². The van der Waals surface area contributed by atoms with Gasteiger partial charge < -0.3 is 20.5 Å². The van der Waals surface area contributed by atoms with Gasteiger partial charge in [-0.05, 0) is 45.4 Å². The molecule has 3 N–H and O–H groups in total. The van der Waals surface area contributed by atoms with E-state index in [1.165, 1.54) is 7.11 Å². The summed E-state index contributed by atoms with van der Waals surface area (Å²) >= 11 is 0. The third kappa shape index (κ3) is 3.61. The van der Waals surface area contributed by atoms with Crippen LogP contribution in [-0.4, -0.2) is 24.1 Å². The number of amides is 1. The van der Waals surface area contributed by atoms with Crippen molar-refractivity contribution in [2.75, 3.05) is 12.4 Å². The van der Waals surface area contributed by atoms with Gasteiger partial charge >= 0.3 is 0 Å². The SMILES string of the molecule is COc1cc(C#N)ccc1[C@@H]1C(C(N)=O)=C(C)Nc2c(C)cnc(OC(C)C)c21. The summed E-state index contributed by atoms with van der Waals surface area (Å²) in [5.74, 6) is -0.178. The topological polar surface area (TPSA) is 110 Å². The lowest BCUT2D eigenvalue weighted by molar-refractivity contribution is -0.114. The molecule has 2 heterocycles. The summed E-state index contributed by atoms with van der Waals surface area (Å²) in [6.45, 7) is 7.58. The van der Waals surface area contributed by atoms with Crippen LogP contribution in [-0.2, 0) is 4.79 Å². The Morgan fingerprint density at radius 3 is 2.66 bits per heavy atom. The van der Waals surface area contributed by atoms with Gasteiger partial charge in [-0.25, -0.2) is 4.98 Å². The molecule has 0 saturated heterocycles. The van der Waals surface area contributed by atoms with E-state index >= 15 is 0 Å². The van der Waals surface area contributed by atoms with Crippen molar-refractivity contribution >= 4 is 11.6 Å². The Balaban J connectivity index is 2.37. The quantitative estimate of drug-likeness (QED) is 0.807. The molecule has 3 rings (SSSR count). The fourth-order valence-electron chi connectivity index (χ4n) is 3.63. The number of benzene rings is 1. The summed E-state index contributed by atoms with van der Waals surface area (Å²) in [7, 11) is 1.53. The molecule has 0 spiro atoms. The second kappa shape index (κ2) is 7.84. The maximum Gasteiger partial charge on any atom is 0.247 e. The average molecular weight is 392 g/mol. The van der Waals surface area contributed by atoms with Gasteiger partial charge in [-0.3, -0.25) is 4.79 Å². The fourth-order valence-corrected chi connectivity index (χ4v) is 3.63. The van der Waals surface area contributed by atoms with E-state index in [0.717, 1.165) is 16.8 Å². The third-order valence-corrected chi connectivity index (χ3v) is 4.85. The maximum atomic E-state index is 12.5. The number of rotatable bonds is 5. The predicted molar refractivity (Wildman–Crippen MR) is 110 cm³/mol. The molecule has 0 unspecified atom stereocenters. The molecule has 1 atom stereocenters. The normalized spacial score (nSPS) is 15.4. The lowest BCUT2D eigenvalue weighted by Gasteiger charge is -2.32. The number of hydrogen-bond acceptors (Lipinski definition) is 6. The first-order chi connectivity index (χ1) is 13.8. The molecule has 1 aliphatic heterocycles. The van der Waals surface area contributed by atoms with Gasteiger partial charge in [0.15, 0.2) is 0 Å². The Hall–Kier alpha value is -3.53. The molecule has 7 nitrogen and oxygen atoms in total. The zero-order valence-corrected chi connectivity index (χ0v) is 17.2. The van der Waals surface area contributed by atoms with E-state index in [0.29, 0.717) is 34.0 Å². The summed E-state index contributed by atoms with van der Waals surface area (Å²) in [5, 5.41) is 12.5. The Morgan fingerprint density at radius 1 is 1.34 bits per heavy atom. The molecule has 1 aromatic heterocycles. The summed E-state index contributed by atoms with van der Waals surface area (Å²) in [6.07, 6.45) is 1.63. The number of anilines is 1. The van der Waals surface area contributed by atoms with E-state index in [1.54, 1.807) is 24.4 Å². The van der Waals surface area contributed by atoms with Crippen molar-refractivity contribution in [3.63, 3.8) is 0 Å². The number of nitriles is 1. The monoisotopic (exact) mass is 392 g/mol. The zero-order chi connectivity index (χ0) is 21.3. The lowest BCUT2D eigenvalue weighted by atomic mass is 9.79. The van der Waals surface area contributed by atoms with Crippen molar-refractivity contribution < 1.29 is 14.3 Å². The van der Waals surface area contributed by atoms with Gasteiger partial charge in [0.2, 0.25) is 11.8 Å². The van der Waals surface area contributed by atoms with Gasteiger partial charge in [0.1, 0.15) is 5.75 Å². The number of nitrogens with one attached hydrogen (secondary N) is 1. The highest BCUT2D eigenvalue weighted by Gasteiger charge is 2.37. The smallest absolute Gasteiger partial charge is 0.247 e. The number of aryl methyl sites for hydroxylation is 1. The van der Waals surface area contributed by atoms with Crippen molar-refractivity contribution in [1.82, 2.24) is 4.98 Å². The van der Waals surface area contributed by atoms with Crippen LogP contribution in [0.3, 0.4) is 0 Å². The van der Waals surface area contributed by atoms with Gasteiger partial charge in [0.05, 0.1) is 42.0 Å². The molecule has 0 fully saturated rings. The van der Waals surface area contributed by atoms with Crippen molar-refractivity contribution in [3.05, 3.63) is 57.9 Å². The highest BCUT2D eigenvalue weighted by Crippen LogP contribution is 2.48. The van der Waals surface area contributed by atoms with Crippen molar-refractivity contribution in [2.24, 2.45) is 5.73 Å². The fraction of sp³-hybridized carbons (Fsp3) is 0.318. The number of ether oxygens (including phenoxy) is 2. The molecule has 0 radical (unpaired) electrons. The second-order valence-corrected chi connectivity index (χ2v) is 7.23. The van der Waals surface area contributed by atoms with Crippen LogP contribution < -0.4 is 20.5 Å². The lowest BCUT2D eigenvalue weighted by Crippen LogP contribution is -2.29. The van der Waals surface area contributed by atoms with Gasteiger partial charge in [0.25, 0.3) is 0 Å². The van der Waals surface area contributed by atoms with Gasteiger partial charge in [-0.2, -0.15) is 5.26 Å². The number of nitrogens with zero attached hydrogens (tertiary/aromatic N) is 2.